The van der Waals surface area contributed by atoms with Gasteiger partial charge in [-0.05, 0) is 37.0 Å². The third-order valence-electron chi connectivity index (χ3n) is 3.01. The van der Waals surface area contributed by atoms with Gasteiger partial charge in [0.05, 0.1) is 5.69 Å². The van der Waals surface area contributed by atoms with E-state index in [2.05, 4.69) is 26.0 Å². The Morgan fingerprint density at radius 2 is 2.12 bits per heavy atom. The van der Waals surface area contributed by atoms with Crippen molar-refractivity contribution in [2.24, 2.45) is 5.92 Å². The Bertz CT molecular complexity index is 440. The fraction of sp³-hybridized carbons (Fsp3) is 0.500. The van der Waals surface area contributed by atoms with E-state index in [1.165, 1.54) is 5.56 Å². The number of carbonyl (C=O) groups excluding carboxylic acids is 1. The number of anilines is 1. The maximum atomic E-state index is 11.8. The molecule has 0 bridgehead atoms. The van der Waals surface area contributed by atoms with Gasteiger partial charge in [0.25, 0.3) is 5.91 Å². The molecule has 0 spiro atoms. The first kappa shape index (κ1) is 12.0. The molecule has 1 aliphatic rings. The summed E-state index contributed by atoms with van der Waals surface area (Å²) in [5.74, 6) is 1.42. The highest BCUT2D eigenvalue weighted by Gasteiger charge is 2.28. The highest BCUT2D eigenvalue weighted by molar-refractivity contribution is 5.99. The number of nitrogens with zero attached hydrogens (tertiary/aromatic N) is 1. The minimum absolute atomic E-state index is 0.0131. The lowest BCUT2D eigenvalue weighted by Gasteiger charge is -2.30. The molecule has 1 heterocycles. The monoisotopic (exact) mass is 233 g/mol. The van der Waals surface area contributed by atoms with Gasteiger partial charge in [-0.2, -0.15) is 0 Å². The Morgan fingerprint density at radius 1 is 1.41 bits per heavy atom. The molecule has 1 aromatic carbocycles. The number of likely N-dealkylation sites (N-methyl/N-ethyl adjacent to an activating group) is 1. The Kier molecular flexibility index (Phi) is 3.09. The maximum absolute atomic E-state index is 11.8. The number of amides is 1. The van der Waals surface area contributed by atoms with Gasteiger partial charge in [0.2, 0.25) is 0 Å². The molecule has 0 radical (unpaired) electrons. The fourth-order valence-electron chi connectivity index (χ4n) is 2.16. The van der Waals surface area contributed by atoms with E-state index in [-0.39, 0.29) is 12.0 Å². The quantitative estimate of drug-likeness (QED) is 0.786. The topological polar surface area (TPSA) is 29.5 Å². The summed E-state index contributed by atoms with van der Waals surface area (Å²) in [4.78, 5) is 13.5. The molecule has 3 heteroatoms. The van der Waals surface area contributed by atoms with E-state index in [0.717, 1.165) is 17.9 Å². The molecule has 0 saturated carbocycles. The Balaban J connectivity index is 2.35. The van der Waals surface area contributed by atoms with Crippen molar-refractivity contribution in [2.75, 3.05) is 11.9 Å². The molecule has 0 N–H and O–H groups in total. The molecule has 0 saturated heterocycles. The van der Waals surface area contributed by atoms with E-state index in [1.54, 1.807) is 18.9 Å². The van der Waals surface area contributed by atoms with E-state index < -0.39 is 0 Å². The van der Waals surface area contributed by atoms with Gasteiger partial charge >= 0.3 is 0 Å². The summed E-state index contributed by atoms with van der Waals surface area (Å²) in [7, 11) is 1.80. The molecule has 1 amide bonds. The fourth-order valence-corrected chi connectivity index (χ4v) is 2.16. The third kappa shape index (κ3) is 2.28. The lowest BCUT2D eigenvalue weighted by atomic mass is 10.0. The van der Waals surface area contributed by atoms with Crippen molar-refractivity contribution in [3.05, 3.63) is 23.8 Å². The molecule has 0 fully saturated rings. The van der Waals surface area contributed by atoms with Crippen LogP contribution in [0.3, 0.4) is 0 Å². The van der Waals surface area contributed by atoms with Gasteiger partial charge < -0.3 is 9.64 Å². The van der Waals surface area contributed by atoms with Crippen LogP contribution in [0.2, 0.25) is 0 Å². The largest absolute Gasteiger partial charge is 0.479 e. The summed E-state index contributed by atoms with van der Waals surface area (Å²) in [6.45, 7) is 6.16. The van der Waals surface area contributed by atoms with E-state index in [4.69, 9.17) is 4.74 Å². The molecule has 1 aliphatic heterocycles. The Hall–Kier alpha value is -1.51. The van der Waals surface area contributed by atoms with Gasteiger partial charge in [-0.3, -0.25) is 4.79 Å². The zero-order chi connectivity index (χ0) is 12.6. The van der Waals surface area contributed by atoms with Gasteiger partial charge in [0.15, 0.2) is 6.10 Å². The van der Waals surface area contributed by atoms with Crippen molar-refractivity contribution in [1.82, 2.24) is 0 Å². The van der Waals surface area contributed by atoms with Crippen molar-refractivity contribution in [1.29, 1.82) is 0 Å². The first-order valence-corrected chi connectivity index (χ1v) is 6.06. The van der Waals surface area contributed by atoms with Crippen LogP contribution in [0.15, 0.2) is 18.2 Å². The number of benzene rings is 1. The molecule has 1 unspecified atom stereocenters. The first-order chi connectivity index (χ1) is 7.99. The minimum Gasteiger partial charge on any atom is -0.479 e. The van der Waals surface area contributed by atoms with E-state index in [0.29, 0.717) is 5.92 Å². The SMILES string of the molecule is CC(C)Cc1ccc2c(c1)N(C)C(=O)C(C)O2. The number of hydrogen-bond donors (Lipinski definition) is 0. The van der Waals surface area contributed by atoms with E-state index in [1.807, 2.05) is 6.07 Å². The summed E-state index contributed by atoms with van der Waals surface area (Å²) >= 11 is 0. The standard InChI is InChI=1S/C14H19NO2/c1-9(2)7-11-5-6-13-12(8-11)15(4)14(16)10(3)17-13/h5-6,8-10H,7H2,1-4H3. The summed E-state index contributed by atoms with van der Waals surface area (Å²) in [5, 5.41) is 0. The zero-order valence-corrected chi connectivity index (χ0v) is 10.9. The van der Waals surface area contributed by atoms with Crippen LogP contribution in [0.4, 0.5) is 5.69 Å². The first-order valence-electron chi connectivity index (χ1n) is 6.06. The average Bonchev–Trinajstić information content (AvgIpc) is 2.26. The second kappa shape index (κ2) is 4.40. The van der Waals surface area contributed by atoms with Crippen LogP contribution in [0.25, 0.3) is 0 Å². The van der Waals surface area contributed by atoms with Crippen LogP contribution < -0.4 is 9.64 Å². The Labute approximate surface area is 102 Å². The number of hydrogen-bond acceptors (Lipinski definition) is 2. The van der Waals surface area contributed by atoms with Crippen LogP contribution in [0.1, 0.15) is 26.3 Å². The van der Waals surface area contributed by atoms with Crippen LogP contribution in [0, 0.1) is 5.92 Å². The van der Waals surface area contributed by atoms with Gasteiger partial charge in [0, 0.05) is 7.05 Å². The number of ether oxygens (including phenoxy) is 1. The lowest BCUT2D eigenvalue weighted by molar-refractivity contribution is -0.125. The molecular weight excluding hydrogens is 214 g/mol. The second-order valence-electron chi connectivity index (χ2n) is 5.06. The molecule has 3 nitrogen and oxygen atoms in total. The third-order valence-corrected chi connectivity index (χ3v) is 3.01. The van der Waals surface area contributed by atoms with Crippen LogP contribution in [-0.2, 0) is 11.2 Å². The normalized spacial score (nSPS) is 19.2. The molecule has 2 rings (SSSR count). The molecular formula is C14H19NO2. The predicted octanol–water partition coefficient (Wildman–Crippen LogP) is 2.63. The molecule has 1 atom stereocenters. The van der Waals surface area contributed by atoms with Crippen LogP contribution >= 0.6 is 0 Å². The highest BCUT2D eigenvalue weighted by atomic mass is 16.5. The highest BCUT2D eigenvalue weighted by Crippen LogP contribution is 2.34. The number of fused-ring (bicyclic) bond motifs is 1. The van der Waals surface area contributed by atoms with Gasteiger partial charge in [-0.25, -0.2) is 0 Å². The second-order valence-corrected chi connectivity index (χ2v) is 5.06. The van der Waals surface area contributed by atoms with Gasteiger partial charge in [0.1, 0.15) is 5.75 Å². The van der Waals surface area contributed by atoms with E-state index in [9.17, 15) is 4.79 Å². The number of carbonyl (C=O) groups is 1. The van der Waals surface area contributed by atoms with Crippen LogP contribution in [0.5, 0.6) is 5.75 Å². The summed E-state index contributed by atoms with van der Waals surface area (Å²) < 4.78 is 5.58. The zero-order valence-electron chi connectivity index (χ0n) is 10.9. The molecule has 0 aliphatic carbocycles. The van der Waals surface area contributed by atoms with Crippen molar-refractivity contribution >= 4 is 11.6 Å². The summed E-state index contributed by atoms with van der Waals surface area (Å²) in [6.07, 6.45) is 0.633. The smallest absolute Gasteiger partial charge is 0.267 e. The molecule has 0 aromatic heterocycles. The van der Waals surface area contributed by atoms with Crippen molar-refractivity contribution in [3.63, 3.8) is 0 Å². The van der Waals surface area contributed by atoms with Gasteiger partial charge in [-0.1, -0.05) is 19.9 Å². The van der Waals surface area contributed by atoms with E-state index >= 15 is 0 Å². The minimum atomic E-state index is -0.386. The van der Waals surface area contributed by atoms with Crippen molar-refractivity contribution in [3.8, 4) is 5.75 Å². The summed E-state index contributed by atoms with van der Waals surface area (Å²) in [6, 6.07) is 6.10. The molecule has 1 aromatic rings. The van der Waals surface area contributed by atoms with Crippen molar-refractivity contribution in [2.45, 2.75) is 33.3 Å². The predicted molar refractivity (Wildman–Crippen MR) is 68.5 cm³/mol. The van der Waals surface area contributed by atoms with Crippen molar-refractivity contribution < 1.29 is 9.53 Å². The Morgan fingerprint density at radius 3 is 2.76 bits per heavy atom. The molecule has 17 heavy (non-hydrogen) atoms. The van der Waals surface area contributed by atoms with Crippen LogP contribution in [-0.4, -0.2) is 19.1 Å². The average molecular weight is 233 g/mol. The maximum Gasteiger partial charge on any atom is 0.267 e. The summed E-state index contributed by atoms with van der Waals surface area (Å²) in [5.41, 5.74) is 2.13. The lowest BCUT2D eigenvalue weighted by Crippen LogP contribution is -2.42. The number of rotatable bonds is 2. The molecule has 92 valence electrons. The van der Waals surface area contributed by atoms with Gasteiger partial charge in [-0.15, -0.1) is 0 Å².